The van der Waals surface area contributed by atoms with Crippen molar-refractivity contribution in [2.45, 2.75) is 0 Å². The van der Waals surface area contributed by atoms with E-state index in [4.69, 9.17) is 0 Å². The van der Waals surface area contributed by atoms with Crippen molar-refractivity contribution in [1.82, 2.24) is 10.3 Å². The van der Waals surface area contributed by atoms with Crippen LogP contribution in [0.1, 0.15) is 0 Å². The molecule has 0 atom stereocenters. The van der Waals surface area contributed by atoms with Crippen molar-refractivity contribution in [3.8, 4) is 0 Å². The molecule has 0 unspecified atom stereocenters. The van der Waals surface area contributed by atoms with Crippen molar-refractivity contribution < 1.29 is 0 Å². The molecule has 0 aliphatic heterocycles. The normalized spacial score (nSPS) is 11.1. The molecule has 1 heterocycles. The third-order valence-electron chi connectivity index (χ3n) is 2.36. The van der Waals surface area contributed by atoms with Gasteiger partial charge in [-0.1, -0.05) is 18.2 Å². The minimum Gasteiger partial charge on any atom is -0.361 e. The van der Waals surface area contributed by atoms with Crippen LogP contribution in [-0.4, -0.2) is 18.6 Å². The van der Waals surface area contributed by atoms with E-state index in [-0.39, 0.29) is 0 Å². The highest BCUT2D eigenvalue weighted by Gasteiger charge is 1.97. The van der Waals surface area contributed by atoms with E-state index in [2.05, 4.69) is 27.8 Å². The molecule has 0 radical (unpaired) electrons. The lowest BCUT2D eigenvalue weighted by Crippen LogP contribution is -2.04. The van der Waals surface area contributed by atoms with E-state index in [9.17, 15) is 0 Å². The molecule has 1 aromatic carbocycles. The molecule has 0 saturated heterocycles. The summed E-state index contributed by atoms with van der Waals surface area (Å²) >= 11 is 0. The first-order valence-corrected chi connectivity index (χ1v) is 5.30. The largest absolute Gasteiger partial charge is 0.361 e. The molecule has 1 aromatic heterocycles. The van der Waals surface area contributed by atoms with Gasteiger partial charge in [-0.2, -0.15) is 0 Å². The first-order chi connectivity index (χ1) is 7.92. The molecule has 2 aromatic rings. The number of fused-ring (bicyclic) bond motifs is 1. The SMILES string of the molecule is CNCC=CNc1cccc2cnccc12. The molecule has 0 amide bonds. The second-order valence-corrected chi connectivity index (χ2v) is 3.51. The first kappa shape index (κ1) is 10.6. The Bertz CT molecular complexity index is 486. The molecule has 0 fully saturated rings. The van der Waals surface area contributed by atoms with Gasteiger partial charge in [0.25, 0.3) is 0 Å². The molecule has 2 rings (SSSR count). The molecular weight excluding hydrogens is 198 g/mol. The highest BCUT2D eigenvalue weighted by Crippen LogP contribution is 2.21. The molecule has 0 aliphatic carbocycles. The van der Waals surface area contributed by atoms with Gasteiger partial charge in [0, 0.05) is 35.4 Å². The topological polar surface area (TPSA) is 37.0 Å². The summed E-state index contributed by atoms with van der Waals surface area (Å²) in [4.78, 5) is 4.11. The van der Waals surface area contributed by atoms with E-state index < -0.39 is 0 Å². The number of likely N-dealkylation sites (N-methyl/N-ethyl adjacent to an activating group) is 1. The fourth-order valence-electron chi connectivity index (χ4n) is 1.57. The molecule has 16 heavy (non-hydrogen) atoms. The lowest BCUT2D eigenvalue weighted by atomic mass is 10.1. The number of nitrogens with zero attached hydrogens (tertiary/aromatic N) is 1. The predicted molar refractivity (Wildman–Crippen MR) is 68.4 cm³/mol. The predicted octanol–water partition coefficient (Wildman–Crippen LogP) is 2.38. The van der Waals surface area contributed by atoms with E-state index in [1.165, 1.54) is 5.39 Å². The van der Waals surface area contributed by atoms with Crippen molar-refractivity contribution >= 4 is 16.5 Å². The van der Waals surface area contributed by atoms with Crippen LogP contribution in [0.3, 0.4) is 0 Å². The van der Waals surface area contributed by atoms with Crippen molar-refractivity contribution in [3.63, 3.8) is 0 Å². The lowest BCUT2D eigenvalue weighted by molar-refractivity contribution is 0.919. The van der Waals surface area contributed by atoms with E-state index in [1.807, 2.05) is 43.9 Å². The van der Waals surface area contributed by atoms with Crippen molar-refractivity contribution in [2.24, 2.45) is 0 Å². The summed E-state index contributed by atoms with van der Waals surface area (Å²) in [6.45, 7) is 0.860. The van der Waals surface area contributed by atoms with Crippen LogP contribution < -0.4 is 10.6 Å². The Morgan fingerprint density at radius 3 is 3.12 bits per heavy atom. The fraction of sp³-hybridized carbons (Fsp3) is 0.154. The van der Waals surface area contributed by atoms with Crippen molar-refractivity contribution in [2.75, 3.05) is 18.9 Å². The summed E-state index contributed by atoms with van der Waals surface area (Å²) in [5.41, 5.74) is 1.10. The quantitative estimate of drug-likeness (QED) is 0.818. The molecule has 2 N–H and O–H groups in total. The summed E-state index contributed by atoms with van der Waals surface area (Å²) in [5, 5.41) is 8.66. The number of anilines is 1. The monoisotopic (exact) mass is 213 g/mol. The Labute approximate surface area is 95.2 Å². The summed E-state index contributed by atoms with van der Waals surface area (Å²) in [6.07, 6.45) is 7.67. The smallest absolute Gasteiger partial charge is 0.0460 e. The number of hydrogen-bond donors (Lipinski definition) is 2. The Morgan fingerprint density at radius 2 is 2.25 bits per heavy atom. The number of nitrogens with one attached hydrogen (secondary N) is 2. The van der Waals surface area contributed by atoms with Gasteiger partial charge in [-0.25, -0.2) is 0 Å². The van der Waals surface area contributed by atoms with Gasteiger partial charge < -0.3 is 10.6 Å². The Balaban J connectivity index is 2.23. The van der Waals surface area contributed by atoms with E-state index in [0.717, 1.165) is 17.6 Å². The number of aromatic nitrogens is 1. The molecule has 0 spiro atoms. The number of benzene rings is 1. The van der Waals surface area contributed by atoms with Gasteiger partial charge >= 0.3 is 0 Å². The molecule has 0 bridgehead atoms. The zero-order valence-corrected chi connectivity index (χ0v) is 9.27. The van der Waals surface area contributed by atoms with Crippen LogP contribution in [0, 0.1) is 0 Å². The van der Waals surface area contributed by atoms with Crippen LogP contribution in [0.5, 0.6) is 0 Å². The summed E-state index contributed by atoms with van der Waals surface area (Å²) in [5.74, 6) is 0. The zero-order chi connectivity index (χ0) is 11.2. The van der Waals surface area contributed by atoms with E-state index in [1.54, 1.807) is 0 Å². The van der Waals surface area contributed by atoms with Crippen molar-refractivity contribution in [1.29, 1.82) is 0 Å². The number of hydrogen-bond acceptors (Lipinski definition) is 3. The molecule has 3 nitrogen and oxygen atoms in total. The van der Waals surface area contributed by atoms with Crippen LogP contribution in [-0.2, 0) is 0 Å². The van der Waals surface area contributed by atoms with Crippen LogP contribution in [0.2, 0.25) is 0 Å². The summed E-state index contributed by atoms with van der Waals surface area (Å²) in [6, 6.07) is 8.17. The molecule has 0 saturated carbocycles. The van der Waals surface area contributed by atoms with Gasteiger partial charge in [-0.3, -0.25) is 4.98 Å². The van der Waals surface area contributed by atoms with Crippen LogP contribution in [0.4, 0.5) is 5.69 Å². The van der Waals surface area contributed by atoms with Crippen molar-refractivity contribution in [3.05, 3.63) is 48.9 Å². The second-order valence-electron chi connectivity index (χ2n) is 3.51. The van der Waals surface area contributed by atoms with Crippen LogP contribution in [0.15, 0.2) is 48.9 Å². The zero-order valence-electron chi connectivity index (χ0n) is 9.27. The van der Waals surface area contributed by atoms with Gasteiger partial charge in [-0.05, 0) is 25.4 Å². The highest BCUT2D eigenvalue weighted by atomic mass is 14.9. The minimum absolute atomic E-state index is 0.860. The second kappa shape index (κ2) is 5.28. The van der Waals surface area contributed by atoms with E-state index >= 15 is 0 Å². The third-order valence-corrected chi connectivity index (χ3v) is 2.36. The molecular formula is C13H15N3. The van der Waals surface area contributed by atoms with Gasteiger partial charge in [0.2, 0.25) is 0 Å². The van der Waals surface area contributed by atoms with Gasteiger partial charge in [0.15, 0.2) is 0 Å². The Hall–Kier alpha value is -1.87. The first-order valence-electron chi connectivity index (χ1n) is 5.30. The highest BCUT2D eigenvalue weighted by molar-refractivity contribution is 5.93. The Morgan fingerprint density at radius 1 is 1.31 bits per heavy atom. The standard InChI is InChI=1S/C13H15N3/c1-14-7-3-8-16-13-5-2-4-11-10-15-9-6-12(11)13/h2-6,8-10,14,16H,7H2,1H3. The number of pyridine rings is 1. The summed E-state index contributed by atoms with van der Waals surface area (Å²) < 4.78 is 0. The average molecular weight is 213 g/mol. The van der Waals surface area contributed by atoms with Crippen LogP contribution >= 0.6 is 0 Å². The maximum absolute atomic E-state index is 4.11. The molecule has 3 heteroatoms. The average Bonchev–Trinajstić information content (AvgIpc) is 2.35. The fourth-order valence-corrected chi connectivity index (χ4v) is 1.57. The third kappa shape index (κ3) is 2.38. The summed E-state index contributed by atoms with van der Waals surface area (Å²) in [7, 11) is 1.92. The molecule has 0 aliphatic rings. The van der Waals surface area contributed by atoms with E-state index in [0.29, 0.717) is 0 Å². The number of rotatable bonds is 4. The maximum Gasteiger partial charge on any atom is 0.0460 e. The Kier molecular flexibility index (Phi) is 3.51. The van der Waals surface area contributed by atoms with Gasteiger partial charge in [0.1, 0.15) is 0 Å². The maximum atomic E-state index is 4.11. The minimum atomic E-state index is 0.860. The van der Waals surface area contributed by atoms with Gasteiger partial charge in [-0.15, -0.1) is 0 Å². The lowest BCUT2D eigenvalue weighted by Gasteiger charge is -2.05. The van der Waals surface area contributed by atoms with Gasteiger partial charge in [0.05, 0.1) is 0 Å². The molecule has 82 valence electrons. The van der Waals surface area contributed by atoms with Crippen LogP contribution in [0.25, 0.3) is 10.8 Å².